The predicted molar refractivity (Wildman–Crippen MR) is 132 cm³/mol. The van der Waals surface area contributed by atoms with Crippen LogP contribution in [0.5, 0.6) is 5.75 Å². The minimum atomic E-state index is -0.391. The monoisotopic (exact) mass is 497 g/mol. The third-order valence-electron chi connectivity index (χ3n) is 5.39. The SMILES string of the molecule is Cc1nn(Cc2ccc(F)cc2Cl)c(C)c1NC(=O)c1ccc(COc2ccc(Cl)cc2)cc1. The van der Waals surface area contributed by atoms with E-state index in [1.165, 1.54) is 12.1 Å². The number of hydrogen-bond donors (Lipinski definition) is 1. The molecule has 0 radical (unpaired) electrons. The predicted octanol–water partition coefficient (Wildman–Crippen LogP) is 6.83. The van der Waals surface area contributed by atoms with Crippen molar-refractivity contribution in [1.82, 2.24) is 9.78 Å². The zero-order valence-corrected chi connectivity index (χ0v) is 20.1. The van der Waals surface area contributed by atoms with Crippen LogP contribution in [0.25, 0.3) is 0 Å². The lowest BCUT2D eigenvalue weighted by Crippen LogP contribution is -2.13. The van der Waals surface area contributed by atoms with Gasteiger partial charge in [-0.2, -0.15) is 5.10 Å². The van der Waals surface area contributed by atoms with E-state index in [0.717, 1.165) is 22.6 Å². The fraction of sp³-hybridized carbons (Fsp3) is 0.154. The Bertz CT molecular complexity index is 1320. The van der Waals surface area contributed by atoms with E-state index in [9.17, 15) is 9.18 Å². The Morgan fingerprint density at radius 2 is 1.74 bits per heavy atom. The summed E-state index contributed by atoms with van der Waals surface area (Å²) >= 11 is 12.0. The maximum absolute atomic E-state index is 13.3. The molecule has 3 aromatic carbocycles. The molecular formula is C26H22Cl2FN3O2. The molecule has 34 heavy (non-hydrogen) atoms. The van der Waals surface area contributed by atoms with Crippen LogP contribution in [-0.4, -0.2) is 15.7 Å². The van der Waals surface area contributed by atoms with Gasteiger partial charge < -0.3 is 10.1 Å². The van der Waals surface area contributed by atoms with E-state index in [1.54, 1.807) is 47.1 Å². The number of carbonyl (C=O) groups is 1. The summed E-state index contributed by atoms with van der Waals surface area (Å²) in [6.07, 6.45) is 0. The van der Waals surface area contributed by atoms with Crippen molar-refractivity contribution in [1.29, 1.82) is 0 Å². The number of aryl methyl sites for hydroxylation is 1. The van der Waals surface area contributed by atoms with Crippen LogP contribution < -0.4 is 10.1 Å². The van der Waals surface area contributed by atoms with Gasteiger partial charge in [-0.3, -0.25) is 9.48 Å². The van der Waals surface area contributed by atoms with Crippen molar-refractivity contribution in [3.05, 3.63) is 111 Å². The largest absolute Gasteiger partial charge is 0.489 e. The van der Waals surface area contributed by atoms with Gasteiger partial charge in [0.1, 0.15) is 18.2 Å². The van der Waals surface area contributed by atoms with Crippen molar-refractivity contribution in [3.8, 4) is 5.75 Å². The zero-order valence-electron chi connectivity index (χ0n) is 18.6. The summed E-state index contributed by atoms with van der Waals surface area (Å²) in [6.45, 7) is 4.43. The molecule has 1 heterocycles. The Morgan fingerprint density at radius 1 is 1.03 bits per heavy atom. The van der Waals surface area contributed by atoms with Crippen molar-refractivity contribution >= 4 is 34.8 Å². The molecule has 174 valence electrons. The molecule has 8 heteroatoms. The molecule has 0 aliphatic heterocycles. The van der Waals surface area contributed by atoms with Crippen LogP contribution in [-0.2, 0) is 13.2 Å². The Labute approximate surface area is 207 Å². The lowest BCUT2D eigenvalue weighted by atomic mass is 10.1. The Balaban J connectivity index is 1.41. The van der Waals surface area contributed by atoms with Gasteiger partial charge in [0.25, 0.3) is 5.91 Å². The molecular weight excluding hydrogens is 476 g/mol. The number of aromatic nitrogens is 2. The van der Waals surface area contributed by atoms with Crippen LogP contribution >= 0.6 is 23.2 Å². The lowest BCUT2D eigenvalue weighted by molar-refractivity contribution is 0.102. The van der Waals surface area contributed by atoms with Gasteiger partial charge >= 0.3 is 0 Å². The summed E-state index contributed by atoms with van der Waals surface area (Å²) < 4.78 is 20.8. The second-order valence-electron chi connectivity index (χ2n) is 7.83. The van der Waals surface area contributed by atoms with Crippen LogP contribution in [0.2, 0.25) is 10.0 Å². The van der Waals surface area contributed by atoms with Crippen molar-refractivity contribution in [2.75, 3.05) is 5.32 Å². The number of hydrogen-bond acceptors (Lipinski definition) is 3. The van der Waals surface area contributed by atoms with Crippen LogP contribution in [0.1, 0.15) is 32.9 Å². The average molecular weight is 498 g/mol. The van der Waals surface area contributed by atoms with Gasteiger partial charge in [-0.05, 0) is 73.5 Å². The number of carbonyl (C=O) groups excluding carboxylic acids is 1. The first-order valence-corrected chi connectivity index (χ1v) is 11.3. The number of amides is 1. The van der Waals surface area contributed by atoms with E-state index < -0.39 is 5.82 Å². The highest BCUT2D eigenvalue weighted by Gasteiger charge is 2.16. The first-order valence-electron chi connectivity index (χ1n) is 10.6. The highest BCUT2D eigenvalue weighted by molar-refractivity contribution is 6.31. The molecule has 0 saturated carbocycles. The van der Waals surface area contributed by atoms with Crippen LogP contribution in [0.4, 0.5) is 10.1 Å². The normalized spacial score (nSPS) is 10.9. The van der Waals surface area contributed by atoms with Gasteiger partial charge in [0, 0.05) is 15.6 Å². The topological polar surface area (TPSA) is 56.2 Å². The summed E-state index contributed by atoms with van der Waals surface area (Å²) in [7, 11) is 0. The van der Waals surface area contributed by atoms with Crippen LogP contribution in [0.15, 0.2) is 66.7 Å². The first-order chi connectivity index (χ1) is 16.3. The van der Waals surface area contributed by atoms with Gasteiger partial charge in [-0.25, -0.2) is 4.39 Å². The van der Waals surface area contributed by atoms with Gasteiger partial charge in [0.15, 0.2) is 0 Å². The molecule has 0 spiro atoms. The van der Waals surface area contributed by atoms with E-state index in [1.807, 2.05) is 26.0 Å². The number of ether oxygens (including phenoxy) is 1. The van der Waals surface area contributed by atoms with E-state index in [4.69, 9.17) is 27.9 Å². The Kier molecular flexibility index (Phi) is 7.20. The second-order valence-corrected chi connectivity index (χ2v) is 8.68. The third kappa shape index (κ3) is 5.58. The highest BCUT2D eigenvalue weighted by atomic mass is 35.5. The van der Waals surface area contributed by atoms with Gasteiger partial charge in [0.2, 0.25) is 0 Å². The first kappa shape index (κ1) is 23.8. The maximum Gasteiger partial charge on any atom is 0.255 e. The van der Waals surface area contributed by atoms with E-state index in [-0.39, 0.29) is 5.91 Å². The molecule has 0 saturated heterocycles. The molecule has 4 aromatic rings. The fourth-order valence-corrected chi connectivity index (χ4v) is 3.83. The van der Waals surface area contributed by atoms with Gasteiger partial charge in [-0.1, -0.05) is 41.4 Å². The third-order valence-corrected chi connectivity index (χ3v) is 5.99. The molecule has 1 amide bonds. The van der Waals surface area contributed by atoms with E-state index in [0.29, 0.717) is 40.1 Å². The Hall–Kier alpha value is -3.35. The standard InChI is InChI=1S/C26H22Cl2FN3O2/c1-16-25(17(2)32(31-16)14-20-7-10-22(29)13-24(20)28)30-26(33)19-5-3-18(4-6-19)15-34-23-11-8-21(27)9-12-23/h3-13H,14-15H2,1-2H3,(H,30,33). The zero-order chi connectivity index (χ0) is 24.2. The van der Waals surface area contributed by atoms with E-state index in [2.05, 4.69) is 10.4 Å². The second kappa shape index (κ2) is 10.3. The summed E-state index contributed by atoms with van der Waals surface area (Å²) in [5.74, 6) is 0.0875. The van der Waals surface area contributed by atoms with Gasteiger partial charge in [-0.15, -0.1) is 0 Å². The van der Waals surface area contributed by atoms with Crippen LogP contribution in [0.3, 0.4) is 0 Å². The smallest absolute Gasteiger partial charge is 0.255 e. The molecule has 0 fully saturated rings. The minimum absolute atomic E-state index is 0.240. The summed E-state index contributed by atoms with van der Waals surface area (Å²) in [5, 5.41) is 8.44. The fourth-order valence-electron chi connectivity index (χ4n) is 3.48. The van der Waals surface area contributed by atoms with Crippen molar-refractivity contribution in [3.63, 3.8) is 0 Å². The number of nitrogens with zero attached hydrogens (tertiary/aromatic N) is 2. The van der Waals surface area contributed by atoms with Gasteiger partial charge in [0.05, 0.1) is 23.6 Å². The Morgan fingerprint density at radius 3 is 2.41 bits per heavy atom. The van der Waals surface area contributed by atoms with Crippen molar-refractivity contribution in [2.24, 2.45) is 0 Å². The number of anilines is 1. The van der Waals surface area contributed by atoms with Crippen LogP contribution in [0, 0.1) is 19.7 Å². The number of benzene rings is 3. The molecule has 0 bridgehead atoms. The molecule has 1 aromatic heterocycles. The molecule has 0 aliphatic carbocycles. The molecule has 1 N–H and O–H groups in total. The number of rotatable bonds is 7. The number of nitrogens with one attached hydrogen (secondary N) is 1. The summed E-state index contributed by atoms with van der Waals surface area (Å²) in [6, 6.07) is 18.6. The quantitative estimate of drug-likeness (QED) is 0.304. The molecule has 0 atom stereocenters. The van der Waals surface area contributed by atoms with Crippen molar-refractivity contribution < 1.29 is 13.9 Å². The minimum Gasteiger partial charge on any atom is -0.489 e. The summed E-state index contributed by atoms with van der Waals surface area (Å²) in [4.78, 5) is 12.8. The summed E-state index contributed by atoms with van der Waals surface area (Å²) in [5.41, 5.74) is 4.28. The molecule has 5 nitrogen and oxygen atoms in total. The van der Waals surface area contributed by atoms with Crippen molar-refractivity contribution in [2.45, 2.75) is 27.0 Å². The molecule has 0 unspecified atom stereocenters. The molecule has 4 rings (SSSR count). The maximum atomic E-state index is 13.3. The average Bonchev–Trinajstić information content (AvgIpc) is 3.08. The highest BCUT2D eigenvalue weighted by Crippen LogP contribution is 2.24. The number of halogens is 3. The lowest BCUT2D eigenvalue weighted by Gasteiger charge is -2.09. The molecule has 0 aliphatic rings. The van der Waals surface area contributed by atoms with E-state index >= 15 is 0 Å².